The first-order valence-corrected chi connectivity index (χ1v) is 9.78. The second-order valence-corrected chi connectivity index (χ2v) is 6.65. The maximum Gasteiger partial charge on any atom is 0.338 e. The van der Waals surface area contributed by atoms with E-state index in [0.717, 1.165) is 10.9 Å². The van der Waals surface area contributed by atoms with Crippen molar-refractivity contribution >= 4 is 28.5 Å². The van der Waals surface area contributed by atoms with Crippen molar-refractivity contribution in [2.75, 3.05) is 31.7 Å². The van der Waals surface area contributed by atoms with Gasteiger partial charge in [0.1, 0.15) is 17.9 Å². The zero-order chi connectivity index (χ0) is 22.2. The van der Waals surface area contributed by atoms with E-state index in [0.29, 0.717) is 35.8 Å². The molecule has 0 saturated heterocycles. The van der Waals surface area contributed by atoms with Gasteiger partial charge in [0.05, 0.1) is 12.2 Å². The number of hydrogen-bond donors (Lipinski definition) is 1. The van der Waals surface area contributed by atoms with Crippen LogP contribution >= 0.6 is 0 Å². The van der Waals surface area contributed by atoms with Gasteiger partial charge in [-0.25, -0.2) is 9.59 Å². The van der Waals surface area contributed by atoms with Gasteiger partial charge in [0.2, 0.25) is 0 Å². The number of rotatable bonds is 9. The van der Waals surface area contributed by atoms with E-state index in [9.17, 15) is 14.4 Å². The number of nitrogens with one attached hydrogen (secondary N) is 1. The zero-order valence-electron chi connectivity index (χ0n) is 17.3. The summed E-state index contributed by atoms with van der Waals surface area (Å²) in [6.45, 7) is 4.54. The third-order valence-corrected chi connectivity index (χ3v) is 4.36. The van der Waals surface area contributed by atoms with E-state index in [2.05, 4.69) is 5.32 Å². The molecule has 8 heteroatoms. The van der Waals surface area contributed by atoms with Gasteiger partial charge in [0.15, 0.2) is 6.61 Å². The van der Waals surface area contributed by atoms with Crippen molar-refractivity contribution in [3.05, 3.63) is 70.1 Å². The van der Waals surface area contributed by atoms with Crippen LogP contribution in [0.5, 0.6) is 5.75 Å². The Bertz CT molecular complexity index is 1120. The van der Waals surface area contributed by atoms with E-state index in [1.807, 2.05) is 13.8 Å². The maximum absolute atomic E-state index is 12.2. The van der Waals surface area contributed by atoms with Crippen molar-refractivity contribution in [3.63, 3.8) is 0 Å². The molecule has 1 amide bonds. The molecule has 1 heterocycles. The molecule has 0 saturated carbocycles. The minimum absolute atomic E-state index is 0.181. The second kappa shape index (κ2) is 10.4. The highest BCUT2D eigenvalue weighted by Crippen LogP contribution is 2.22. The van der Waals surface area contributed by atoms with Crippen LogP contribution < -0.4 is 15.7 Å². The molecule has 0 aliphatic rings. The number of carbonyl (C=O) groups excluding carboxylic acids is 2. The number of amides is 1. The van der Waals surface area contributed by atoms with E-state index in [1.54, 1.807) is 42.5 Å². The molecule has 0 atom stereocenters. The van der Waals surface area contributed by atoms with Crippen LogP contribution in [0, 0.1) is 6.92 Å². The van der Waals surface area contributed by atoms with E-state index >= 15 is 0 Å². The Kier molecular flexibility index (Phi) is 7.40. The molecular formula is C23H23NO7. The molecule has 0 aliphatic carbocycles. The second-order valence-electron chi connectivity index (χ2n) is 6.65. The molecule has 162 valence electrons. The summed E-state index contributed by atoms with van der Waals surface area (Å²) in [4.78, 5) is 35.6. The van der Waals surface area contributed by atoms with Gasteiger partial charge in [-0.3, -0.25) is 4.79 Å². The van der Waals surface area contributed by atoms with Crippen LogP contribution in [0.4, 0.5) is 5.69 Å². The molecule has 0 unspecified atom stereocenters. The van der Waals surface area contributed by atoms with E-state index in [4.69, 9.17) is 18.6 Å². The molecule has 0 radical (unpaired) electrons. The highest BCUT2D eigenvalue weighted by atomic mass is 16.6. The van der Waals surface area contributed by atoms with Crippen LogP contribution in [-0.4, -0.2) is 38.3 Å². The molecule has 0 aliphatic heterocycles. The molecule has 3 rings (SSSR count). The standard InChI is InChI=1S/C23H23NO7/c1-3-28-10-11-29-23(27)16-4-6-17(7-5-16)24-21(25)14-30-18-8-9-19-15(2)12-22(26)31-20(19)13-18/h4-9,12-13H,3,10-11,14H2,1-2H3,(H,24,25). The van der Waals surface area contributed by atoms with Crippen molar-refractivity contribution < 1.29 is 28.2 Å². The third kappa shape index (κ3) is 6.16. The fourth-order valence-corrected chi connectivity index (χ4v) is 2.85. The van der Waals surface area contributed by atoms with Crippen LogP contribution in [-0.2, 0) is 14.3 Å². The smallest absolute Gasteiger partial charge is 0.338 e. The van der Waals surface area contributed by atoms with Crippen molar-refractivity contribution in [2.24, 2.45) is 0 Å². The Morgan fingerprint density at radius 3 is 2.55 bits per heavy atom. The Hall–Kier alpha value is -3.65. The molecule has 0 spiro atoms. The fourth-order valence-electron chi connectivity index (χ4n) is 2.85. The lowest BCUT2D eigenvalue weighted by molar-refractivity contribution is -0.118. The van der Waals surface area contributed by atoms with Gasteiger partial charge < -0.3 is 23.9 Å². The maximum atomic E-state index is 12.2. The number of benzene rings is 2. The molecule has 2 aromatic carbocycles. The van der Waals surface area contributed by atoms with Crippen LogP contribution in [0.25, 0.3) is 11.0 Å². The van der Waals surface area contributed by atoms with Gasteiger partial charge >= 0.3 is 11.6 Å². The Morgan fingerprint density at radius 1 is 1.03 bits per heavy atom. The van der Waals surface area contributed by atoms with E-state index in [1.165, 1.54) is 6.07 Å². The van der Waals surface area contributed by atoms with Crippen molar-refractivity contribution in [2.45, 2.75) is 13.8 Å². The Morgan fingerprint density at radius 2 is 1.81 bits per heavy atom. The summed E-state index contributed by atoms with van der Waals surface area (Å²) in [5.41, 5.74) is 1.64. The first-order chi connectivity index (χ1) is 15.0. The molecule has 3 aromatic rings. The molecule has 1 N–H and O–H groups in total. The number of aryl methyl sites for hydroxylation is 1. The topological polar surface area (TPSA) is 104 Å². The molecule has 8 nitrogen and oxygen atoms in total. The van der Waals surface area contributed by atoms with Gasteiger partial charge in [-0.1, -0.05) is 0 Å². The van der Waals surface area contributed by atoms with Crippen LogP contribution in [0.15, 0.2) is 57.7 Å². The van der Waals surface area contributed by atoms with Crippen LogP contribution in [0.2, 0.25) is 0 Å². The SMILES string of the molecule is CCOCCOC(=O)c1ccc(NC(=O)COc2ccc3c(C)cc(=O)oc3c2)cc1. The van der Waals surface area contributed by atoms with Crippen molar-refractivity contribution in [3.8, 4) is 5.75 Å². The van der Waals surface area contributed by atoms with Gasteiger partial charge in [0.25, 0.3) is 5.91 Å². The number of fused-ring (bicyclic) bond motifs is 1. The lowest BCUT2D eigenvalue weighted by Crippen LogP contribution is -2.20. The minimum Gasteiger partial charge on any atom is -0.484 e. The lowest BCUT2D eigenvalue weighted by Gasteiger charge is -2.09. The predicted octanol–water partition coefficient (Wildman–Crippen LogP) is 3.31. The predicted molar refractivity (Wildman–Crippen MR) is 115 cm³/mol. The van der Waals surface area contributed by atoms with Crippen LogP contribution in [0.1, 0.15) is 22.8 Å². The number of anilines is 1. The highest BCUT2D eigenvalue weighted by Gasteiger charge is 2.09. The van der Waals surface area contributed by atoms with Gasteiger partial charge in [0, 0.05) is 29.8 Å². The average molecular weight is 425 g/mol. The quantitative estimate of drug-likeness (QED) is 0.319. The van der Waals surface area contributed by atoms with Crippen LogP contribution in [0.3, 0.4) is 0 Å². The summed E-state index contributed by atoms with van der Waals surface area (Å²) in [6, 6.07) is 12.8. The van der Waals surface area contributed by atoms with Gasteiger partial charge in [-0.05, 0) is 55.8 Å². The Balaban J connectivity index is 1.52. The average Bonchev–Trinajstić information content (AvgIpc) is 2.75. The van der Waals surface area contributed by atoms with Crippen molar-refractivity contribution in [1.82, 2.24) is 0 Å². The summed E-state index contributed by atoms with van der Waals surface area (Å²) in [5, 5.41) is 3.48. The first-order valence-electron chi connectivity index (χ1n) is 9.78. The number of carbonyl (C=O) groups is 2. The fraction of sp³-hybridized carbons (Fsp3) is 0.261. The monoisotopic (exact) mass is 425 g/mol. The summed E-state index contributed by atoms with van der Waals surface area (Å²) in [6.07, 6.45) is 0. The zero-order valence-corrected chi connectivity index (χ0v) is 17.3. The van der Waals surface area contributed by atoms with Gasteiger partial charge in [-0.15, -0.1) is 0 Å². The lowest BCUT2D eigenvalue weighted by atomic mass is 10.1. The molecular weight excluding hydrogens is 402 g/mol. The normalized spacial score (nSPS) is 10.6. The molecule has 31 heavy (non-hydrogen) atoms. The Labute approximate surface area is 178 Å². The number of hydrogen-bond acceptors (Lipinski definition) is 7. The van der Waals surface area contributed by atoms with Gasteiger partial charge in [-0.2, -0.15) is 0 Å². The third-order valence-electron chi connectivity index (χ3n) is 4.36. The first kappa shape index (κ1) is 22.0. The number of ether oxygens (including phenoxy) is 3. The summed E-state index contributed by atoms with van der Waals surface area (Å²) < 4.78 is 20.9. The van der Waals surface area contributed by atoms with E-state index < -0.39 is 11.6 Å². The molecule has 0 fully saturated rings. The van der Waals surface area contributed by atoms with Crippen molar-refractivity contribution in [1.29, 1.82) is 0 Å². The molecule has 0 bridgehead atoms. The largest absolute Gasteiger partial charge is 0.484 e. The summed E-state index contributed by atoms with van der Waals surface area (Å²) in [5.74, 6) is -0.432. The number of esters is 1. The van der Waals surface area contributed by atoms with E-state index in [-0.39, 0.29) is 19.1 Å². The molecule has 1 aromatic heterocycles. The summed E-state index contributed by atoms with van der Waals surface area (Å²) in [7, 11) is 0. The highest BCUT2D eigenvalue weighted by molar-refractivity contribution is 5.93. The minimum atomic E-state index is -0.459. The summed E-state index contributed by atoms with van der Waals surface area (Å²) >= 11 is 0.